The molecule has 0 atom stereocenters. The highest BCUT2D eigenvalue weighted by molar-refractivity contribution is 5.76. The molecular weight excluding hydrogens is 244 g/mol. The molecule has 108 valence electrons. The Kier molecular flexibility index (Phi) is 5.01. The molecule has 0 saturated carbocycles. The largest absolute Gasteiger partial charge is 0.351 e. The van der Waals surface area contributed by atoms with Crippen molar-refractivity contribution in [3.05, 3.63) is 0 Å². The first kappa shape index (κ1) is 14.1. The minimum Gasteiger partial charge on any atom is -0.351 e. The lowest BCUT2D eigenvalue weighted by molar-refractivity contribution is -0.130. The summed E-state index contributed by atoms with van der Waals surface area (Å²) in [7, 11) is 0. The number of amides is 3. The van der Waals surface area contributed by atoms with Crippen molar-refractivity contribution in [1.29, 1.82) is 0 Å². The van der Waals surface area contributed by atoms with Gasteiger partial charge in [-0.15, -0.1) is 0 Å². The van der Waals surface area contributed by atoms with Crippen molar-refractivity contribution in [1.82, 2.24) is 15.1 Å². The zero-order chi connectivity index (χ0) is 13.7. The lowest BCUT2D eigenvalue weighted by atomic mass is 10.1. The maximum absolute atomic E-state index is 11.8. The number of nitrogens with one attached hydrogen (secondary N) is 1. The summed E-state index contributed by atoms with van der Waals surface area (Å²) in [6.45, 7) is 4.02. The van der Waals surface area contributed by atoms with Crippen molar-refractivity contribution >= 4 is 11.9 Å². The van der Waals surface area contributed by atoms with Crippen LogP contribution in [0.2, 0.25) is 0 Å². The second kappa shape index (κ2) is 6.75. The molecule has 0 bridgehead atoms. The number of primary amides is 1. The van der Waals surface area contributed by atoms with Gasteiger partial charge in [-0.05, 0) is 25.7 Å². The number of piperidine rings is 1. The third-order valence-corrected chi connectivity index (χ3v) is 4.04. The first-order chi connectivity index (χ1) is 9.16. The molecule has 0 aromatic carbocycles. The van der Waals surface area contributed by atoms with Gasteiger partial charge in [0.2, 0.25) is 5.91 Å². The van der Waals surface area contributed by atoms with Crippen LogP contribution >= 0.6 is 0 Å². The fourth-order valence-electron chi connectivity index (χ4n) is 2.81. The maximum Gasteiger partial charge on any atom is 0.314 e. The van der Waals surface area contributed by atoms with Crippen molar-refractivity contribution in [2.75, 3.05) is 32.7 Å². The second-order valence-corrected chi connectivity index (χ2v) is 5.39. The van der Waals surface area contributed by atoms with Crippen LogP contribution in [0.1, 0.15) is 32.1 Å². The minimum absolute atomic E-state index is 0.263. The SMILES string of the molecule is NC(=O)N1CCC(NCCC(=O)N2CCCC2)CC1. The zero-order valence-electron chi connectivity index (χ0n) is 11.4. The fourth-order valence-corrected chi connectivity index (χ4v) is 2.81. The van der Waals surface area contributed by atoms with E-state index in [1.54, 1.807) is 4.90 Å². The van der Waals surface area contributed by atoms with Crippen LogP contribution in [0.4, 0.5) is 4.79 Å². The van der Waals surface area contributed by atoms with E-state index in [2.05, 4.69) is 5.32 Å². The molecule has 2 aliphatic heterocycles. The van der Waals surface area contributed by atoms with Crippen LogP contribution in [-0.4, -0.2) is 60.5 Å². The number of urea groups is 1. The Morgan fingerprint density at radius 3 is 2.26 bits per heavy atom. The normalized spacial score (nSPS) is 20.8. The lowest BCUT2D eigenvalue weighted by Gasteiger charge is -2.31. The highest BCUT2D eigenvalue weighted by Crippen LogP contribution is 2.11. The predicted molar refractivity (Wildman–Crippen MR) is 72.6 cm³/mol. The quantitative estimate of drug-likeness (QED) is 0.761. The highest BCUT2D eigenvalue weighted by Gasteiger charge is 2.21. The van der Waals surface area contributed by atoms with Crippen LogP contribution in [-0.2, 0) is 4.79 Å². The molecule has 2 rings (SSSR count). The van der Waals surface area contributed by atoms with Gasteiger partial charge < -0.3 is 20.9 Å². The Morgan fingerprint density at radius 2 is 1.68 bits per heavy atom. The Hall–Kier alpha value is -1.30. The molecule has 19 heavy (non-hydrogen) atoms. The molecule has 0 aliphatic carbocycles. The smallest absolute Gasteiger partial charge is 0.314 e. The van der Waals surface area contributed by atoms with E-state index in [0.29, 0.717) is 25.6 Å². The van der Waals surface area contributed by atoms with Crippen LogP contribution < -0.4 is 11.1 Å². The molecule has 2 aliphatic rings. The number of rotatable bonds is 4. The van der Waals surface area contributed by atoms with Crippen LogP contribution in [0.5, 0.6) is 0 Å². The van der Waals surface area contributed by atoms with Gasteiger partial charge in [-0.25, -0.2) is 4.79 Å². The Balaban J connectivity index is 1.59. The summed E-state index contributed by atoms with van der Waals surface area (Å²) in [6, 6.07) is 0.0737. The van der Waals surface area contributed by atoms with Crippen LogP contribution in [0.15, 0.2) is 0 Å². The van der Waals surface area contributed by atoms with E-state index in [4.69, 9.17) is 5.73 Å². The Morgan fingerprint density at radius 1 is 1.05 bits per heavy atom. The Labute approximate surface area is 114 Å². The summed E-state index contributed by atoms with van der Waals surface area (Å²) >= 11 is 0. The topological polar surface area (TPSA) is 78.7 Å². The summed E-state index contributed by atoms with van der Waals surface area (Å²) < 4.78 is 0. The number of likely N-dealkylation sites (tertiary alicyclic amines) is 2. The van der Waals surface area contributed by atoms with Crippen molar-refractivity contribution in [2.45, 2.75) is 38.1 Å². The molecule has 2 heterocycles. The van der Waals surface area contributed by atoms with Crippen LogP contribution in [0.3, 0.4) is 0 Å². The van der Waals surface area contributed by atoms with Gasteiger partial charge in [0.1, 0.15) is 0 Å². The molecule has 0 unspecified atom stereocenters. The third-order valence-electron chi connectivity index (χ3n) is 4.04. The number of nitrogens with zero attached hydrogens (tertiary/aromatic N) is 2. The van der Waals surface area contributed by atoms with Gasteiger partial charge in [0.25, 0.3) is 0 Å². The van der Waals surface area contributed by atoms with Crippen LogP contribution in [0, 0.1) is 0 Å². The molecule has 0 aromatic rings. The summed E-state index contributed by atoms with van der Waals surface area (Å²) in [5, 5.41) is 3.41. The summed E-state index contributed by atoms with van der Waals surface area (Å²) in [4.78, 5) is 26.5. The van der Waals surface area contributed by atoms with Gasteiger partial charge in [-0.2, -0.15) is 0 Å². The number of carbonyl (C=O) groups excluding carboxylic acids is 2. The molecule has 3 amide bonds. The summed E-state index contributed by atoms with van der Waals surface area (Å²) in [5.41, 5.74) is 5.24. The molecule has 0 spiro atoms. The average molecular weight is 268 g/mol. The number of nitrogens with two attached hydrogens (primary N) is 1. The van der Waals surface area contributed by atoms with Gasteiger partial charge in [-0.3, -0.25) is 4.79 Å². The predicted octanol–water partition coefficient (Wildman–Crippen LogP) is 0.132. The number of carbonyl (C=O) groups is 2. The molecule has 6 nitrogen and oxygen atoms in total. The fraction of sp³-hybridized carbons (Fsp3) is 0.846. The van der Waals surface area contributed by atoms with Gasteiger partial charge in [0.05, 0.1) is 0 Å². The van der Waals surface area contributed by atoms with Crippen LogP contribution in [0.25, 0.3) is 0 Å². The summed E-state index contributed by atoms with van der Waals surface area (Å²) in [5.74, 6) is 0.263. The van der Waals surface area contributed by atoms with E-state index in [1.807, 2.05) is 4.90 Å². The van der Waals surface area contributed by atoms with E-state index in [0.717, 1.165) is 45.3 Å². The van der Waals surface area contributed by atoms with E-state index < -0.39 is 0 Å². The molecule has 0 aromatic heterocycles. The lowest BCUT2D eigenvalue weighted by Crippen LogP contribution is -2.47. The highest BCUT2D eigenvalue weighted by atomic mass is 16.2. The number of hydrogen-bond acceptors (Lipinski definition) is 3. The second-order valence-electron chi connectivity index (χ2n) is 5.39. The molecule has 3 N–H and O–H groups in total. The molecule has 6 heteroatoms. The van der Waals surface area contributed by atoms with Gasteiger partial charge in [-0.1, -0.05) is 0 Å². The van der Waals surface area contributed by atoms with E-state index in [9.17, 15) is 9.59 Å². The van der Waals surface area contributed by atoms with Gasteiger partial charge in [0, 0.05) is 45.2 Å². The third kappa shape index (κ3) is 4.09. The van der Waals surface area contributed by atoms with Crippen molar-refractivity contribution < 1.29 is 9.59 Å². The van der Waals surface area contributed by atoms with Crippen molar-refractivity contribution in [3.63, 3.8) is 0 Å². The van der Waals surface area contributed by atoms with Gasteiger partial charge in [0.15, 0.2) is 0 Å². The van der Waals surface area contributed by atoms with E-state index in [1.165, 1.54) is 0 Å². The van der Waals surface area contributed by atoms with Gasteiger partial charge >= 0.3 is 6.03 Å². The standard InChI is InChI=1S/C13H24N4O2/c14-13(19)17-9-4-11(5-10-17)15-6-3-12(18)16-7-1-2-8-16/h11,15H,1-10H2,(H2,14,19). The number of hydrogen-bond donors (Lipinski definition) is 2. The van der Waals surface area contributed by atoms with E-state index >= 15 is 0 Å². The first-order valence-electron chi connectivity index (χ1n) is 7.22. The molecule has 2 saturated heterocycles. The molecule has 2 fully saturated rings. The van der Waals surface area contributed by atoms with Crippen molar-refractivity contribution in [2.24, 2.45) is 5.73 Å². The maximum atomic E-state index is 11.8. The molecular formula is C13H24N4O2. The van der Waals surface area contributed by atoms with E-state index in [-0.39, 0.29) is 11.9 Å². The Bertz CT molecular complexity index is 321. The minimum atomic E-state index is -0.331. The first-order valence-corrected chi connectivity index (χ1v) is 7.22. The molecule has 0 radical (unpaired) electrons. The monoisotopic (exact) mass is 268 g/mol. The zero-order valence-corrected chi connectivity index (χ0v) is 11.4. The average Bonchev–Trinajstić information content (AvgIpc) is 2.93. The summed E-state index contributed by atoms with van der Waals surface area (Å²) in [6.07, 6.45) is 4.70. The van der Waals surface area contributed by atoms with Crippen molar-refractivity contribution in [3.8, 4) is 0 Å².